The summed E-state index contributed by atoms with van der Waals surface area (Å²) in [5.74, 6) is 0. The molecule has 3 N–H and O–H groups in total. The summed E-state index contributed by atoms with van der Waals surface area (Å²) in [7, 11) is 0. The Morgan fingerprint density at radius 3 is 2.67 bits per heavy atom. The molecule has 2 fully saturated rings. The molecule has 2 rings (SSSR count). The third kappa shape index (κ3) is 0.775. The lowest BCUT2D eigenvalue weighted by Gasteiger charge is -2.28. The van der Waals surface area contributed by atoms with Crippen molar-refractivity contribution in [3.8, 4) is 0 Å². The van der Waals surface area contributed by atoms with E-state index in [4.69, 9.17) is 5.73 Å². The summed E-state index contributed by atoms with van der Waals surface area (Å²) in [6, 6.07) is 0.499. The second kappa shape index (κ2) is 1.70. The number of nitrogens with two attached hydrogens (primary N) is 1. The van der Waals surface area contributed by atoms with E-state index in [1.807, 2.05) is 0 Å². The summed E-state index contributed by atoms with van der Waals surface area (Å²) in [6.45, 7) is 2.30. The van der Waals surface area contributed by atoms with E-state index in [0.29, 0.717) is 11.5 Å². The van der Waals surface area contributed by atoms with Gasteiger partial charge in [0.2, 0.25) is 0 Å². The first-order chi connectivity index (χ1) is 4.33. The second-order valence-electron chi connectivity index (χ2n) is 3.43. The first kappa shape index (κ1) is 5.69. The lowest BCUT2D eigenvalue weighted by Crippen LogP contribution is -2.46. The topological polar surface area (TPSA) is 38.0 Å². The molecule has 1 aliphatic heterocycles. The SMILES string of the molecule is NC1CCNCC12CC2. The van der Waals surface area contributed by atoms with Gasteiger partial charge in [0.1, 0.15) is 0 Å². The standard InChI is InChI=1S/C7H14N2/c8-6-1-4-9-5-7(6)2-3-7/h6,9H,1-5,8H2. The lowest BCUT2D eigenvalue weighted by atomic mass is 9.91. The van der Waals surface area contributed by atoms with Gasteiger partial charge < -0.3 is 11.1 Å². The zero-order valence-electron chi connectivity index (χ0n) is 5.69. The van der Waals surface area contributed by atoms with Crippen molar-refractivity contribution in [3.63, 3.8) is 0 Å². The van der Waals surface area contributed by atoms with Crippen LogP contribution in [0.25, 0.3) is 0 Å². The van der Waals surface area contributed by atoms with Gasteiger partial charge in [-0.15, -0.1) is 0 Å². The normalized spacial score (nSPS) is 39.0. The van der Waals surface area contributed by atoms with Crippen LogP contribution < -0.4 is 11.1 Å². The molecule has 2 nitrogen and oxygen atoms in total. The van der Waals surface area contributed by atoms with Gasteiger partial charge >= 0.3 is 0 Å². The van der Waals surface area contributed by atoms with E-state index in [0.717, 1.165) is 6.54 Å². The van der Waals surface area contributed by atoms with E-state index in [-0.39, 0.29) is 0 Å². The quantitative estimate of drug-likeness (QED) is 0.482. The minimum Gasteiger partial charge on any atom is -0.327 e. The molecule has 1 heterocycles. The summed E-state index contributed by atoms with van der Waals surface area (Å²) in [6.07, 6.45) is 3.91. The Morgan fingerprint density at radius 2 is 2.22 bits per heavy atom. The molecule has 1 saturated carbocycles. The molecular formula is C7H14N2. The highest BCUT2D eigenvalue weighted by atomic mass is 15.0. The molecule has 2 aliphatic rings. The van der Waals surface area contributed by atoms with Gasteiger partial charge in [-0.25, -0.2) is 0 Å². The van der Waals surface area contributed by atoms with Crippen LogP contribution in [-0.2, 0) is 0 Å². The van der Waals surface area contributed by atoms with Crippen LogP contribution in [-0.4, -0.2) is 19.1 Å². The second-order valence-corrected chi connectivity index (χ2v) is 3.43. The fourth-order valence-corrected chi connectivity index (χ4v) is 1.74. The van der Waals surface area contributed by atoms with Gasteiger partial charge in [-0.3, -0.25) is 0 Å². The summed E-state index contributed by atoms with van der Waals surface area (Å²) in [4.78, 5) is 0. The van der Waals surface area contributed by atoms with Gasteiger partial charge in [-0.05, 0) is 31.2 Å². The molecule has 0 aromatic heterocycles. The van der Waals surface area contributed by atoms with Gasteiger partial charge in [-0.1, -0.05) is 0 Å². The van der Waals surface area contributed by atoms with Crippen LogP contribution in [0, 0.1) is 5.41 Å². The maximum absolute atomic E-state index is 5.94. The number of rotatable bonds is 0. The Hall–Kier alpha value is -0.0800. The average Bonchev–Trinajstić information content (AvgIpc) is 2.60. The maximum atomic E-state index is 5.94. The Balaban J connectivity index is 2.03. The Labute approximate surface area is 55.8 Å². The molecule has 0 radical (unpaired) electrons. The molecule has 0 bridgehead atoms. The van der Waals surface area contributed by atoms with Gasteiger partial charge in [-0.2, -0.15) is 0 Å². The highest BCUT2D eigenvalue weighted by Crippen LogP contribution is 2.49. The van der Waals surface area contributed by atoms with Crippen molar-refractivity contribution in [1.29, 1.82) is 0 Å². The number of piperidine rings is 1. The molecule has 1 atom stereocenters. The van der Waals surface area contributed by atoms with E-state index in [1.54, 1.807) is 0 Å². The highest BCUT2D eigenvalue weighted by molar-refractivity contribution is 5.04. The predicted molar refractivity (Wildman–Crippen MR) is 37.1 cm³/mol. The van der Waals surface area contributed by atoms with Crippen molar-refractivity contribution in [2.75, 3.05) is 13.1 Å². The Morgan fingerprint density at radius 1 is 1.44 bits per heavy atom. The van der Waals surface area contributed by atoms with Crippen molar-refractivity contribution in [1.82, 2.24) is 5.32 Å². The van der Waals surface area contributed by atoms with Crippen LogP contribution in [0.5, 0.6) is 0 Å². The van der Waals surface area contributed by atoms with Crippen LogP contribution in [0.1, 0.15) is 19.3 Å². The first-order valence-electron chi connectivity index (χ1n) is 3.80. The van der Waals surface area contributed by atoms with Crippen molar-refractivity contribution < 1.29 is 0 Å². The molecule has 0 aromatic rings. The third-order valence-electron chi connectivity index (χ3n) is 2.79. The molecule has 1 aliphatic carbocycles. The first-order valence-corrected chi connectivity index (χ1v) is 3.80. The van der Waals surface area contributed by atoms with Crippen molar-refractivity contribution in [3.05, 3.63) is 0 Å². The minimum absolute atomic E-state index is 0.499. The van der Waals surface area contributed by atoms with E-state index in [2.05, 4.69) is 5.32 Å². The molecular weight excluding hydrogens is 112 g/mol. The molecule has 1 saturated heterocycles. The number of hydrogen-bond donors (Lipinski definition) is 2. The Bertz CT molecular complexity index is 118. The average molecular weight is 126 g/mol. The molecule has 9 heavy (non-hydrogen) atoms. The van der Waals surface area contributed by atoms with Crippen LogP contribution in [0.15, 0.2) is 0 Å². The molecule has 52 valence electrons. The number of nitrogens with one attached hydrogen (secondary N) is 1. The largest absolute Gasteiger partial charge is 0.327 e. The van der Waals surface area contributed by atoms with E-state index in [1.165, 1.54) is 25.8 Å². The smallest absolute Gasteiger partial charge is 0.0120 e. The van der Waals surface area contributed by atoms with E-state index >= 15 is 0 Å². The van der Waals surface area contributed by atoms with Crippen molar-refractivity contribution in [2.45, 2.75) is 25.3 Å². The monoisotopic (exact) mass is 126 g/mol. The van der Waals surface area contributed by atoms with Crippen molar-refractivity contribution >= 4 is 0 Å². The van der Waals surface area contributed by atoms with Gasteiger partial charge in [0.25, 0.3) is 0 Å². The van der Waals surface area contributed by atoms with Crippen LogP contribution >= 0.6 is 0 Å². The fourth-order valence-electron chi connectivity index (χ4n) is 1.74. The number of hydrogen-bond acceptors (Lipinski definition) is 2. The zero-order valence-corrected chi connectivity index (χ0v) is 5.69. The van der Waals surface area contributed by atoms with Crippen LogP contribution in [0.3, 0.4) is 0 Å². The summed E-state index contributed by atoms with van der Waals surface area (Å²) >= 11 is 0. The van der Waals surface area contributed by atoms with Gasteiger partial charge in [0.05, 0.1) is 0 Å². The molecule has 2 heteroatoms. The van der Waals surface area contributed by atoms with Gasteiger partial charge in [0, 0.05) is 12.6 Å². The summed E-state index contributed by atoms with van der Waals surface area (Å²) in [5, 5.41) is 3.39. The van der Waals surface area contributed by atoms with Crippen LogP contribution in [0.4, 0.5) is 0 Å². The third-order valence-corrected chi connectivity index (χ3v) is 2.79. The molecule has 0 aromatic carbocycles. The predicted octanol–water partition coefficient (Wildman–Crippen LogP) is 0.0872. The van der Waals surface area contributed by atoms with Gasteiger partial charge in [0.15, 0.2) is 0 Å². The van der Waals surface area contributed by atoms with E-state index in [9.17, 15) is 0 Å². The molecule has 0 amide bonds. The van der Waals surface area contributed by atoms with Crippen molar-refractivity contribution in [2.24, 2.45) is 11.1 Å². The Kier molecular flexibility index (Phi) is 1.08. The lowest BCUT2D eigenvalue weighted by molar-refractivity contribution is 0.305. The maximum Gasteiger partial charge on any atom is 0.0120 e. The minimum atomic E-state index is 0.499. The molecule has 1 unspecified atom stereocenters. The zero-order chi connectivity index (χ0) is 6.32. The van der Waals surface area contributed by atoms with E-state index < -0.39 is 0 Å². The summed E-state index contributed by atoms with van der Waals surface area (Å²) in [5.41, 5.74) is 6.49. The fraction of sp³-hybridized carbons (Fsp3) is 1.00. The summed E-state index contributed by atoms with van der Waals surface area (Å²) < 4.78 is 0. The van der Waals surface area contributed by atoms with Crippen LogP contribution in [0.2, 0.25) is 0 Å². The highest BCUT2D eigenvalue weighted by Gasteiger charge is 2.48. The molecule has 1 spiro atoms.